The molecule has 11 aromatic rings. The van der Waals surface area contributed by atoms with E-state index in [0.29, 0.717) is 0 Å². The highest BCUT2D eigenvalue weighted by atomic mass is 79.9. The van der Waals surface area contributed by atoms with Gasteiger partial charge in [-0.2, -0.15) is 0 Å². The Morgan fingerprint density at radius 2 is 0.821 bits per heavy atom. The summed E-state index contributed by atoms with van der Waals surface area (Å²) >= 11 is 3.87. The minimum absolute atomic E-state index is 0.902. The third-order valence-corrected chi connectivity index (χ3v) is 11.0. The van der Waals surface area contributed by atoms with E-state index in [9.17, 15) is 0 Å². The zero-order chi connectivity index (χ0) is 38.3. The summed E-state index contributed by atoms with van der Waals surface area (Å²) in [6.07, 6.45) is 0. The van der Waals surface area contributed by atoms with Crippen LogP contribution in [0.15, 0.2) is 185 Å². The number of para-hydroxylation sites is 4. The molecule has 4 heteroatoms. The summed E-state index contributed by atoms with van der Waals surface area (Å²) in [6, 6.07) is 63.3. The predicted octanol–water partition coefficient (Wildman–Crippen LogP) is 15.9. The van der Waals surface area contributed by atoms with Gasteiger partial charge in [0.05, 0.1) is 22.1 Å². The Bertz CT molecular complexity index is 3200. The fourth-order valence-corrected chi connectivity index (χ4v) is 8.71. The molecule has 272 valence electrons. The summed E-state index contributed by atoms with van der Waals surface area (Å²) < 4.78 is 12.0. The molecule has 3 heterocycles. The van der Waals surface area contributed by atoms with Crippen molar-refractivity contribution in [1.29, 1.82) is 0 Å². The second-order valence-corrected chi connectivity index (χ2v) is 14.4. The first-order chi connectivity index (χ1) is 27.7. The van der Waals surface area contributed by atoms with Gasteiger partial charge in [0.1, 0.15) is 11.2 Å². The Hall–Kier alpha value is -6.36. The van der Waals surface area contributed by atoms with Gasteiger partial charge in [-0.15, -0.1) is 0 Å². The van der Waals surface area contributed by atoms with Crippen LogP contribution >= 0.6 is 15.9 Å². The Morgan fingerprint density at radius 1 is 0.339 bits per heavy atom. The molecule has 8 aromatic carbocycles. The Balaban J connectivity index is 0.000000994. The number of aromatic nitrogens is 2. The normalized spacial score (nSPS) is 11.3. The number of benzene rings is 8. The van der Waals surface area contributed by atoms with E-state index in [4.69, 9.17) is 4.42 Å². The van der Waals surface area contributed by atoms with Crippen LogP contribution in [0.1, 0.15) is 27.7 Å². The van der Waals surface area contributed by atoms with Gasteiger partial charge < -0.3 is 13.6 Å². The van der Waals surface area contributed by atoms with Crippen LogP contribution in [0.25, 0.3) is 99.2 Å². The van der Waals surface area contributed by atoms with Crippen molar-refractivity contribution in [3.8, 4) is 33.6 Å². The zero-order valence-corrected chi connectivity index (χ0v) is 33.5. The summed E-state index contributed by atoms with van der Waals surface area (Å²) in [6.45, 7) is 8.00. The maximum absolute atomic E-state index is 6.16. The number of halogens is 1. The average Bonchev–Trinajstić information content (AvgIpc) is 3.92. The van der Waals surface area contributed by atoms with Crippen molar-refractivity contribution in [2.45, 2.75) is 27.7 Å². The van der Waals surface area contributed by atoms with E-state index in [1.807, 2.05) is 39.8 Å². The number of fused-ring (bicyclic) bond motifs is 9. The number of hydrogen-bond donors (Lipinski definition) is 0. The van der Waals surface area contributed by atoms with E-state index in [-0.39, 0.29) is 0 Å². The van der Waals surface area contributed by atoms with Crippen LogP contribution in [-0.4, -0.2) is 9.13 Å². The summed E-state index contributed by atoms with van der Waals surface area (Å²) in [5.41, 5.74) is 13.6. The lowest BCUT2D eigenvalue weighted by atomic mass is 9.97. The molecule has 56 heavy (non-hydrogen) atoms. The molecule has 11 rings (SSSR count). The first-order valence-corrected chi connectivity index (χ1v) is 20.3. The Labute approximate surface area is 335 Å². The van der Waals surface area contributed by atoms with Crippen LogP contribution in [-0.2, 0) is 0 Å². The Kier molecular flexibility index (Phi) is 9.28. The first-order valence-electron chi connectivity index (χ1n) is 19.5. The lowest BCUT2D eigenvalue weighted by molar-refractivity contribution is 0.669. The minimum atomic E-state index is 0.902. The highest BCUT2D eigenvalue weighted by Crippen LogP contribution is 2.40. The smallest absolute Gasteiger partial charge is 0.135 e. The monoisotopic (exact) mass is 788 g/mol. The van der Waals surface area contributed by atoms with Crippen LogP contribution in [0.3, 0.4) is 0 Å². The molecule has 0 N–H and O–H groups in total. The zero-order valence-electron chi connectivity index (χ0n) is 31.9. The van der Waals surface area contributed by atoms with E-state index in [1.165, 1.54) is 71.6 Å². The average molecular weight is 790 g/mol. The van der Waals surface area contributed by atoms with Gasteiger partial charge in [0.25, 0.3) is 0 Å². The van der Waals surface area contributed by atoms with E-state index in [0.717, 1.165) is 32.1 Å². The predicted molar refractivity (Wildman–Crippen MR) is 244 cm³/mol. The van der Waals surface area contributed by atoms with Crippen LogP contribution in [0.2, 0.25) is 0 Å². The SMILES string of the molecule is Brc1cc(-c2ccc3c(c2)c2ccccc2n3-c2ccccc2)cc(-c2ccc3c(c2)c2ccccc2n3-c2ccc3oc4ccccc4c3c2)c1.CC.CC. The van der Waals surface area contributed by atoms with Gasteiger partial charge in [-0.25, -0.2) is 0 Å². The molecule has 0 fully saturated rings. The van der Waals surface area contributed by atoms with Crippen LogP contribution in [0.5, 0.6) is 0 Å². The van der Waals surface area contributed by atoms with Crippen molar-refractivity contribution in [1.82, 2.24) is 9.13 Å². The maximum Gasteiger partial charge on any atom is 0.135 e. The van der Waals surface area contributed by atoms with Crippen molar-refractivity contribution in [3.05, 3.63) is 180 Å². The molecule has 0 aliphatic rings. The van der Waals surface area contributed by atoms with Crippen molar-refractivity contribution in [2.75, 3.05) is 0 Å². The summed E-state index contributed by atoms with van der Waals surface area (Å²) in [7, 11) is 0. The molecule has 3 nitrogen and oxygen atoms in total. The highest BCUT2D eigenvalue weighted by Gasteiger charge is 2.17. The lowest BCUT2D eigenvalue weighted by Gasteiger charge is -2.11. The second-order valence-electron chi connectivity index (χ2n) is 13.5. The number of rotatable bonds is 4. The first kappa shape index (κ1) is 35.3. The van der Waals surface area contributed by atoms with Gasteiger partial charge in [0.15, 0.2) is 0 Å². The number of furan rings is 1. The summed E-state index contributed by atoms with van der Waals surface area (Å²) in [5, 5.41) is 7.21. The molecular weight excluding hydrogens is 748 g/mol. The van der Waals surface area contributed by atoms with E-state index >= 15 is 0 Å². The quantitative estimate of drug-likeness (QED) is 0.174. The van der Waals surface area contributed by atoms with Crippen molar-refractivity contribution in [3.63, 3.8) is 0 Å². The number of hydrogen-bond acceptors (Lipinski definition) is 1. The topological polar surface area (TPSA) is 23.0 Å². The summed E-state index contributed by atoms with van der Waals surface area (Å²) in [5.74, 6) is 0. The highest BCUT2D eigenvalue weighted by molar-refractivity contribution is 9.10. The van der Waals surface area contributed by atoms with Crippen LogP contribution in [0, 0.1) is 0 Å². The third-order valence-electron chi connectivity index (χ3n) is 10.5. The molecule has 0 atom stereocenters. The molecular formula is C52H41BrN2O. The molecule has 0 saturated heterocycles. The van der Waals surface area contributed by atoms with E-state index < -0.39 is 0 Å². The summed E-state index contributed by atoms with van der Waals surface area (Å²) in [4.78, 5) is 0. The van der Waals surface area contributed by atoms with E-state index in [2.05, 4.69) is 189 Å². The van der Waals surface area contributed by atoms with Crippen molar-refractivity contribution < 1.29 is 4.42 Å². The van der Waals surface area contributed by atoms with Gasteiger partial charge in [-0.05, 0) is 113 Å². The van der Waals surface area contributed by atoms with E-state index in [1.54, 1.807) is 0 Å². The molecule has 0 saturated carbocycles. The minimum Gasteiger partial charge on any atom is -0.456 e. The Morgan fingerprint density at radius 3 is 1.43 bits per heavy atom. The molecule has 0 aliphatic heterocycles. The molecule has 0 radical (unpaired) electrons. The van der Waals surface area contributed by atoms with Gasteiger partial charge in [0.2, 0.25) is 0 Å². The van der Waals surface area contributed by atoms with Gasteiger partial charge in [-0.1, -0.05) is 129 Å². The molecule has 3 aromatic heterocycles. The van der Waals surface area contributed by atoms with Crippen LogP contribution < -0.4 is 0 Å². The van der Waals surface area contributed by atoms with Crippen LogP contribution in [0.4, 0.5) is 0 Å². The molecule has 0 unspecified atom stereocenters. The van der Waals surface area contributed by atoms with Crippen molar-refractivity contribution >= 4 is 81.5 Å². The largest absolute Gasteiger partial charge is 0.456 e. The third kappa shape index (κ3) is 5.80. The number of nitrogens with zero attached hydrogens (tertiary/aromatic N) is 2. The molecule has 0 aliphatic carbocycles. The molecule has 0 bridgehead atoms. The second kappa shape index (κ2) is 14.7. The lowest BCUT2D eigenvalue weighted by Crippen LogP contribution is -1.93. The van der Waals surface area contributed by atoms with Gasteiger partial charge in [0, 0.05) is 48.2 Å². The van der Waals surface area contributed by atoms with Gasteiger partial charge >= 0.3 is 0 Å². The fraction of sp³-hybridized carbons (Fsp3) is 0.0769. The van der Waals surface area contributed by atoms with Crippen molar-refractivity contribution in [2.24, 2.45) is 0 Å². The fourth-order valence-electron chi connectivity index (χ4n) is 8.21. The molecule has 0 amide bonds. The maximum atomic E-state index is 6.16. The molecule has 0 spiro atoms. The standard InChI is InChI=1S/C48H29BrN2O.2C2H6/c49-34-25-32(30-18-21-45-40(27-30)37-12-4-7-15-43(37)50(45)35-10-2-1-3-11-35)24-33(26-34)31-19-22-46-41(28-31)38-13-5-8-16-44(38)51(46)36-20-23-48-42(29-36)39-14-6-9-17-47(39)52-48;2*1-2/h1-29H;2*1-2H3. The van der Waals surface area contributed by atoms with Gasteiger partial charge in [-0.3, -0.25) is 0 Å².